The van der Waals surface area contributed by atoms with Gasteiger partial charge in [0, 0.05) is 22.4 Å². The van der Waals surface area contributed by atoms with Crippen molar-refractivity contribution in [2.75, 3.05) is 0 Å². The summed E-state index contributed by atoms with van der Waals surface area (Å²) in [6, 6.07) is 0. The van der Waals surface area contributed by atoms with Crippen LogP contribution in [0.4, 0.5) is 0 Å². The fourth-order valence-corrected chi connectivity index (χ4v) is 2.79. The first kappa shape index (κ1) is 10.5. The number of aryl methyl sites for hydroxylation is 1. The number of aromatic carboxylic acids is 1. The van der Waals surface area contributed by atoms with Gasteiger partial charge >= 0.3 is 5.97 Å². The lowest BCUT2D eigenvalue weighted by Gasteiger charge is -2.01. The molecular weight excluding hydrogens is 236 g/mol. The second kappa shape index (κ2) is 3.70. The van der Waals surface area contributed by atoms with Crippen LogP contribution in [0.1, 0.15) is 39.7 Å². The highest BCUT2D eigenvalue weighted by Gasteiger charge is 2.26. The largest absolute Gasteiger partial charge is 0.478 e. The monoisotopic (exact) mass is 248 g/mol. The van der Waals surface area contributed by atoms with Gasteiger partial charge in [0.1, 0.15) is 0 Å². The Morgan fingerprint density at radius 1 is 1.59 bits per heavy atom. The van der Waals surface area contributed by atoms with E-state index in [4.69, 9.17) is 0 Å². The molecule has 2 heterocycles. The molecule has 5 heteroatoms. The third-order valence-electron chi connectivity index (χ3n) is 3.05. The number of nitrogens with zero attached hydrogens (tertiary/aromatic N) is 2. The SMILES string of the molecule is Cc1scc(-n2cnc(C3CC3)c2)c1C(=O)O. The molecule has 1 aliphatic rings. The maximum Gasteiger partial charge on any atom is 0.338 e. The first-order valence-corrected chi connectivity index (χ1v) is 6.40. The molecule has 0 aromatic carbocycles. The molecule has 1 N–H and O–H groups in total. The van der Waals surface area contributed by atoms with E-state index in [1.54, 1.807) is 6.33 Å². The van der Waals surface area contributed by atoms with Crippen LogP contribution in [0.3, 0.4) is 0 Å². The summed E-state index contributed by atoms with van der Waals surface area (Å²) in [6.45, 7) is 1.83. The van der Waals surface area contributed by atoms with E-state index in [1.807, 2.05) is 23.1 Å². The number of hydrogen-bond acceptors (Lipinski definition) is 3. The molecule has 0 amide bonds. The predicted molar refractivity (Wildman–Crippen MR) is 65.1 cm³/mol. The minimum atomic E-state index is -0.875. The highest BCUT2D eigenvalue weighted by atomic mass is 32.1. The molecule has 0 unspecified atom stereocenters. The third kappa shape index (κ3) is 1.76. The normalized spacial score (nSPS) is 15.1. The smallest absolute Gasteiger partial charge is 0.338 e. The van der Waals surface area contributed by atoms with Gasteiger partial charge in [-0.3, -0.25) is 0 Å². The van der Waals surface area contributed by atoms with Gasteiger partial charge in [0.25, 0.3) is 0 Å². The molecule has 0 spiro atoms. The summed E-state index contributed by atoms with van der Waals surface area (Å²) in [5, 5.41) is 11.1. The Balaban J connectivity index is 2.04. The highest BCUT2D eigenvalue weighted by Crippen LogP contribution is 2.39. The van der Waals surface area contributed by atoms with Crippen LogP contribution in [0.5, 0.6) is 0 Å². The molecule has 1 fully saturated rings. The molecule has 0 bridgehead atoms. The second-order valence-corrected chi connectivity index (χ2v) is 5.42. The molecule has 1 aliphatic carbocycles. The maximum absolute atomic E-state index is 11.2. The molecule has 2 aromatic rings. The zero-order chi connectivity index (χ0) is 12.0. The molecule has 2 aromatic heterocycles. The van der Waals surface area contributed by atoms with Crippen molar-refractivity contribution in [2.24, 2.45) is 0 Å². The molecule has 3 rings (SSSR count). The first-order valence-electron chi connectivity index (χ1n) is 5.52. The second-order valence-electron chi connectivity index (χ2n) is 4.34. The summed E-state index contributed by atoms with van der Waals surface area (Å²) < 4.78 is 1.82. The summed E-state index contributed by atoms with van der Waals surface area (Å²) >= 11 is 1.46. The quantitative estimate of drug-likeness (QED) is 0.908. The van der Waals surface area contributed by atoms with E-state index in [-0.39, 0.29) is 0 Å². The Hall–Kier alpha value is -1.62. The Kier molecular flexibility index (Phi) is 2.29. The Morgan fingerprint density at radius 2 is 2.35 bits per heavy atom. The summed E-state index contributed by atoms with van der Waals surface area (Å²) in [5.74, 6) is -0.287. The van der Waals surface area contributed by atoms with Crippen molar-refractivity contribution in [3.8, 4) is 5.69 Å². The fraction of sp³-hybridized carbons (Fsp3) is 0.333. The summed E-state index contributed by atoms with van der Waals surface area (Å²) in [4.78, 5) is 16.4. The summed E-state index contributed by atoms with van der Waals surface area (Å²) in [5.41, 5.74) is 2.18. The van der Waals surface area contributed by atoms with Crippen LogP contribution in [0, 0.1) is 6.92 Å². The van der Waals surface area contributed by atoms with Gasteiger partial charge in [0.15, 0.2) is 0 Å². The van der Waals surface area contributed by atoms with Gasteiger partial charge in [0.2, 0.25) is 0 Å². The molecule has 0 saturated heterocycles. The minimum Gasteiger partial charge on any atom is -0.478 e. The van der Waals surface area contributed by atoms with Gasteiger partial charge in [-0.05, 0) is 19.8 Å². The molecular formula is C12H12N2O2S. The number of thiophene rings is 1. The van der Waals surface area contributed by atoms with E-state index in [0.717, 1.165) is 16.3 Å². The van der Waals surface area contributed by atoms with Gasteiger partial charge in [-0.25, -0.2) is 9.78 Å². The molecule has 88 valence electrons. The van der Waals surface area contributed by atoms with E-state index < -0.39 is 5.97 Å². The maximum atomic E-state index is 11.2. The van der Waals surface area contributed by atoms with Crippen molar-refractivity contribution >= 4 is 17.3 Å². The summed E-state index contributed by atoms with van der Waals surface area (Å²) in [6.07, 6.45) is 6.06. The van der Waals surface area contributed by atoms with Crippen molar-refractivity contribution in [3.63, 3.8) is 0 Å². The van der Waals surface area contributed by atoms with Crippen LogP contribution in [0.25, 0.3) is 5.69 Å². The van der Waals surface area contributed by atoms with Crippen LogP contribution < -0.4 is 0 Å². The van der Waals surface area contributed by atoms with Crippen LogP contribution >= 0.6 is 11.3 Å². The van der Waals surface area contributed by atoms with Crippen molar-refractivity contribution in [3.05, 3.63) is 34.0 Å². The lowest BCUT2D eigenvalue weighted by molar-refractivity contribution is 0.0697. The molecule has 0 radical (unpaired) electrons. The van der Waals surface area contributed by atoms with Crippen molar-refractivity contribution in [1.82, 2.24) is 9.55 Å². The Morgan fingerprint density at radius 3 is 3.00 bits per heavy atom. The topological polar surface area (TPSA) is 55.1 Å². The van der Waals surface area contributed by atoms with E-state index in [0.29, 0.717) is 11.5 Å². The van der Waals surface area contributed by atoms with Gasteiger partial charge in [-0.2, -0.15) is 0 Å². The average molecular weight is 248 g/mol. The number of carbonyl (C=O) groups is 1. The number of hydrogen-bond donors (Lipinski definition) is 1. The van der Waals surface area contributed by atoms with E-state index in [2.05, 4.69) is 4.98 Å². The average Bonchev–Trinajstić information content (AvgIpc) is 2.88. The van der Waals surface area contributed by atoms with Gasteiger partial charge in [-0.15, -0.1) is 11.3 Å². The van der Waals surface area contributed by atoms with Gasteiger partial charge in [-0.1, -0.05) is 0 Å². The van der Waals surface area contributed by atoms with Crippen LogP contribution in [-0.2, 0) is 0 Å². The van der Waals surface area contributed by atoms with Crippen LogP contribution in [0.2, 0.25) is 0 Å². The third-order valence-corrected chi connectivity index (χ3v) is 3.94. The van der Waals surface area contributed by atoms with E-state index in [1.165, 1.54) is 24.2 Å². The van der Waals surface area contributed by atoms with Crippen LogP contribution in [0.15, 0.2) is 17.9 Å². The Labute approximate surface area is 103 Å². The molecule has 17 heavy (non-hydrogen) atoms. The summed E-state index contributed by atoms with van der Waals surface area (Å²) in [7, 11) is 0. The highest BCUT2D eigenvalue weighted by molar-refractivity contribution is 7.10. The number of rotatable bonds is 3. The number of carboxylic acids is 1. The van der Waals surface area contributed by atoms with Gasteiger partial charge < -0.3 is 9.67 Å². The Bertz CT molecular complexity index is 581. The van der Waals surface area contributed by atoms with E-state index in [9.17, 15) is 9.90 Å². The number of carboxylic acid groups (broad SMARTS) is 1. The lowest BCUT2D eigenvalue weighted by Crippen LogP contribution is -2.02. The van der Waals surface area contributed by atoms with Crippen LogP contribution in [-0.4, -0.2) is 20.6 Å². The van der Waals surface area contributed by atoms with Gasteiger partial charge in [0.05, 0.1) is 23.3 Å². The van der Waals surface area contributed by atoms with Crippen molar-refractivity contribution in [2.45, 2.75) is 25.7 Å². The molecule has 1 saturated carbocycles. The zero-order valence-electron chi connectivity index (χ0n) is 9.38. The van der Waals surface area contributed by atoms with Crippen molar-refractivity contribution < 1.29 is 9.90 Å². The lowest BCUT2D eigenvalue weighted by atomic mass is 10.2. The first-order chi connectivity index (χ1) is 8.16. The number of imidazole rings is 1. The standard InChI is InChI=1S/C12H12N2O2S/c1-7-11(12(15)16)10(5-17-7)14-4-9(13-6-14)8-2-3-8/h4-6,8H,2-3H2,1H3,(H,15,16). The van der Waals surface area contributed by atoms with Crippen molar-refractivity contribution in [1.29, 1.82) is 0 Å². The minimum absolute atomic E-state index is 0.384. The zero-order valence-corrected chi connectivity index (χ0v) is 10.2. The van der Waals surface area contributed by atoms with E-state index >= 15 is 0 Å². The molecule has 0 atom stereocenters. The predicted octanol–water partition coefficient (Wildman–Crippen LogP) is 2.82. The molecule has 0 aliphatic heterocycles. The number of aromatic nitrogens is 2. The molecule has 4 nitrogen and oxygen atoms in total. The fourth-order valence-electron chi connectivity index (χ4n) is 1.95.